The van der Waals surface area contributed by atoms with Crippen LogP contribution in [0.25, 0.3) is 10.2 Å². The number of fused-ring (bicyclic) bond motifs is 1. The monoisotopic (exact) mass is 269 g/mol. The van der Waals surface area contributed by atoms with E-state index in [9.17, 15) is 5.11 Å². The fourth-order valence-corrected chi connectivity index (χ4v) is 3.33. The van der Waals surface area contributed by atoms with E-state index in [0.29, 0.717) is 0 Å². The lowest BCUT2D eigenvalue weighted by atomic mass is 10.2. The number of hydrogen-bond acceptors (Lipinski definition) is 5. The van der Waals surface area contributed by atoms with Crippen LogP contribution in [0.5, 0.6) is 0 Å². The molecule has 0 aliphatic carbocycles. The van der Waals surface area contributed by atoms with E-state index in [1.54, 1.807) is 11.3 Å². The van der Waals surface area contributed by atoms with Crippen LogP contribution in [0, 0.1) is 0 Å². The van der Waals surface area contributed by atoms with E-state index in [2.05, 4.69) is 14.9 Å². The molecule has 0 spiro atoms. The van der Waals surface area contributed by atoms with E-state index in [0.717, 1.165) is 35.4 Å². The molecule has 0 aromatic carbocycles. The van der Waals surface area contributed by atoms with Gasteiger partial charge < -0.3 is 10.0 Å². The third kappa shape index (κ3) is 1.88. The largest absolute Gasteiger partial charge is 0.394 e. The van der Waals surface area contributed by atoms with Gasteiger partial charge in [0, 0.05) is 6.54 Å². The minimum absolute atomic E-state index is 0.159. The molecule has 1 aliphatic rings. The Labute approximate surface area is 108 Å². The number of aliphatic hydroxyl groups excluding tert-OH is 1. The summed E-state index contributed by atoms with van der Waals surface area (Å²) >= 11 is 7.56. The number of aromatic nitrogens is 2. The Balaban J connectivity index is 2.12. The maximum absolute atomic E-state index is 9.38. The SMILES string of the molecule is OCC1CCCN1c1nc(Cl)nc2ccsc12. The van der Waals surface area contributed by atoms with E-state index < -0.39 is 0 Å². The van der Waals surface area contributed by atoms with E-state index in [1.165, 1.54) is 0 Å². The molecule has 3 heterocycles. The first-order valence-corrected chi connectivity index (χ1v) is 6.83. The fraction of sp³-hybridized carbons (Fsp3) is 0.455. The van der Waals surface area contributed by atoms with Crippen LogP contribution in [0.15, 0.2) is 11.4 Å². The molecule has 2 aromatic rings. The van der Waals surface area contributed by atoms with Crippen molar-refractivity contribution in [1.29, 1.82) is 0 Å². The summed E-state index contributed by atoms with van der Waals surface area (Å²) in [5, 5.41) is 11.6. The summed E-state index contributed by atoms with van der Waals surface area (Å²) in [6.07, 6.45) is 2.09. The summed E-state index contributed by atoms with van der Waals surface area (Å²) in [5.41, 5.74) is 0.883. The molecule has 1 saturated heterocycles. The van der Waals surface area contributed by atoms with Crippen molar-refractivity contribution in [2.75, 3.05) is 18.1 Å². The second-order valence-electron chi connectivity index (χ2n) is 4.12. The maximum Gasteiger partial charge on any atom is 0.224 e. The molecule has 0 saturated carbocycles. The average molecular weight is 270 g/mol. The van der Waals surface area contributed by atoms with Gasteiger partial charge in [-0.1, -0.05) is 0 Å². The lowest BCUT2D eigenvalue weighted by molar-refractivity contribution is 0.266. The van der Waals surface area contributed by atoms with Crippen LogP contribution in [-0.2, 0) is 0 Å². The Bertz CT molecular complexity index is 544. The molecule has 17 heavy (non-hydrogen) atoms. The second-order valence-corrected chi connectivity index (χ2v) is 5.38. The lowest BCUT2D eigenvalue weighted by Gasteiger charge is -2.24. The van der Waals surface area contributed by atoms with Crippen molar-refractivity contribution in [2.24, 2.45) is 0 Å². The fourth-order valence-electron chi connectivity index (χ4n) is 2.32. The molecule has 2 aromatic heterocycles. The zero-order valence-electron chi connectivity index (χ0n) is 9.14. The summed E-state index contributed by atoms with van der Waals surface area (Å²) in [5.74, 6) is 0.867. The van der Waals surface area contributed by atoms with Crippen LogP contribution in [0.1, 0.15) is 12.8 Å². The first-order valence-electron chi connectivity index (χ1n) is 5.58. The van der Waals surface area contributed by atoms with Gasteiger partial charge >= 0.3 is 0 Å². The van der Waals surface area contributed by atoms with Gasteiger partial charge in [0.25, 0.3) is 0 Å². The number of anilines is 1. The van der Waals surface area contributed by atoms with E-state index in [-0.39, 0.29) is 17.9 Å². The predicted octanol–water partition coefficient (Wildman–Crippen LogP) is 2.31. The van der Waals surface area contributed by atoms with Gasteiger partial charge in [-0.2, -0.15) is 4.98 Å². The molecular formula is C11H12ClN3OS. The van der Waals surface area contributed by atoms with Gasteiger partial charge in [-0.25, -0.2) is 4.98 Å². The highest BCUT2D eigenvalue weighted by molar-refractivity contribution is 7.17. The molecule has 6 heteroatoms. The quantitative estimate of drug-likeness (QED) is 0.850. The maximum atomic E-state index is 9.38. The van der Waals surface area contributed by atoms with Gasteiger partial charge in [-0.05, 0) is 35.9 Å². The number of nitrogens with zero attached hydrogens (tertiary/aromatic N) is 3. The smallest absolute Gasteiger partial charge is 0.224 e. The van der Waals surface area contributed by atoms with Gasteiger partial charge in [0.2, 0.25) is 5.28 Å². The normalized spacial score (nSPS) is 20.4. The predicted molar refractivity (Wildman–Crippen MR) is 69.9 cm³/mol. The van der Waals surface area contributed by atoms with Crippen LogP contribution < -0.4 is 4.90 Å². The minimum Gasteiger partial charge on any atom is -0.394 e. The molecule has 4 nitrogen and oxygen atoms in total. The lowest BCUT2D eigenvalue weighted by Crippen LogP contribution is -2.32. The van der Waals surface area contributed by atoms with E-state index in [4.69, 9.17) is 11.6 Å². The van der Waals surface area contributed by atoms with Crippen LogP contribution in [0.4, 0.5) is 5.82 Å². The highest BCUT2D eigenvalue weighted by Gasteiger charge is 2.27. The van der Waals surface area contributed by atoms with E-state index in [1.807, 2.05) is 11.4 Å². The zero-order chi connectivity index (χ0) is 11.8. The molecular weight excluding hydrogens is 258 g/mol. The Morgan fingerprint density at radius 3 is 3.24 bits per heavy atom. The van der Waals surface area contributed by atoms with Crippen LogP contribution >= 0.6 is 22.9 Å². The molecule has 0 radical (unpaired) electrons. The zero-order valence-corrected chi connectivity index (χ0v) is 10.7. The summed E-state index contributed by atoms with van der Waals surface area (Å²) < 4.78 is 1.05. The Kier molecular flexibility index (Phi) is 2.90. The summed E-state index contributed by atoms with van der Waals surface area (Å²) in [4.78, 5) is 10.7. The van der Waals surface area contributed by atoms with Gasteiger partial charge in [-0.15, -0.1) is 11.3 Å². The first-order chi connectivity index (χ1) is 8.29. The Morgan fingerprint density at radius 1 is 1.53 bits per heavy atom. The Morgan fingerprint density at radius 2 is 2.41 bits per heavy atom. The molecule has 90 valence electrons. The highest BCUT2D eigenvalue weighted by Crippen LogP contribution is 2.33. The standard InChI is InChI=1S/C11H12ClN3OS/c12-11-13-8-3-5-17-9(8)10(14-11)15-4-1-2-7(15)6-16/h3,5,7,16H,1-2,4,6H2. The van der Waals surface area contributed by atoms with Gasteiger partial charge in [0.1, 0.15) is 0 Å². The van der Waals surface area contributed by atoms with Crippen LogP contribution in [0.2, 0.25) is 5.28 Å². The molecule has 3 rings (SSSR count). The summed E-state index contributed by atoms with van der Waals surface area (Å²) in [6, 6.07) is 2.10. The Hall–Kier alpha value is -0.910. The average Bonchev–Trinajstić information content (AvgIpc) is 2.95. The van der Waals surface area contributed by atoms with Gasteiger partial charge in [-0.3, -0.25) is 0 Å². The molecule has 1 fully saturated rings. The summed E-state index contributed by atoms with van der Waals surface area (Å²) in [6.45, 7) is 1.08. The minimum atomic E-state index is 0.159. The van der Waals surface area contributed by atoms with Crippen molar-refractivity contribution < 1.29 is 5.11 Å². The van der Waals surface area contributed by atoms with Crippen molar-refractivity contribution in [3.8, 4) is 0 Å². The third-order valence-corrected chi connectivity index (χ3v) is 4.19. The number of halogens is 1. The second kappa shape index (κ2) is 4.40. The summed E-state index contributed by atoms with van der Waals surface area (Å²) in [7, 11) is 0. The molecule has 1 atom stereocenters. The molecule has 0 bridgehead atoms. The highest BCUT2D eigenvalue weighted by atomic mass is 35.5. The number of thiophene rings is 1. The van der Waals surface area contributed by atoms with E-state index >= 15 is 0 Å². The first kappa shape index (κ1) is 11.2. The number of rotatable bonds is 2. The van der Waals surface area contributed by atoms with Gasteiger partial charge in [0.05, 0.1) is 22.9 Å². The number of aliphatic hydroxyl groups is 1. The van der Waals surface area contributed by atoms with Crippen molar-refractivity contribution in [2.45, 2.75) is 18.9 Å². The topological polar surface area (TPSA) is 49.2 Å². The van der Waals surface area contributed by atoms with Gasteiger partial charge in [0.15, 0.2) is 5.82 Å². The van der Waals surface area contributed by atoms with Crippen molar-refractivity contribution >= 4 is 39.0 Å². The molecule has 1 unspecified atom stereocenters. The molecule has 0 amide bonds. The molecule has 1 N–H and O–H groups in total. The molecule has 1 aliphatic heterocycles. The van der Waals surface area contributed by atoms with Crippen molar-refractivity contribution in [3.63, 3.8) is 0 Å². The van der Waals surface area contributed by atoms with Crippen LogP contribution in [-0.4, -0.2) is 34.3 Å². The number of hydrogen-bond donors (Lipinski definition) is 1. The third-order valence-electron chi connectivity index (χ3n) is 3.12. The van der Waals surface area contributed by atoms with Crippen molar-refractivity contribution in [3.05, 3.63) is 16.7 Å². The van der Waals surface area contributed by atoms with Crippen LogP contribution in [0.3, 0.4) is 0 Å². The van der Waals surface area contributed by atoms with Crippen molar-refractivity contribution in [1.82, 2.24) is 9.97 Å².